The Hall–Kier alpha value is -0.0800. The van der Waals surface area contributed by atoms with E-state index >= 15 is 0 Å². The highest BCUT2D eigenvalue weighted by Gasteiger charge is 2.29. The third-order valence-corrected chi connectivity index (χ3v) is 3.80. The van der Waals surface area contributed by atoms with Gasteiger partial charge in [-0.1, -0.05) is 26.2 Å². The van der Waals surface area contributed by atoms with Crippen LogP contribution in [-0.2, 0) is 0 Å². The molecule has 0 heterocycles. The van der Waals surface area contributed by atoms with Gasteiger partial charge in [0.1, 0.15) is 0 Å². The van der Waals surface area contributed by atoms with Crippen molar-refractivity contribution < 1.29 is 0 Å². The maximum atomic E-state index is 5.84. The van der Waals surface area contributed by atoms with Crippen molar-refractivity contribution >= 4 is 0 Å². The van der Waals surface area contributed by atoms with Gasteiger partial charge in [0.05, 0.1) is 0 Å². The highest BCUT2D eigenvalue weighted by molar-refractivity contribution is 4.90. The van der Waals surface area contributed by atoms with E-state index < -0.39 is 0 Å². The molecule has 2 unspecified atom stereocenters. The van der Waals surface area contributed by atoms with Gasteiger partial charge in [-0.25, -0.2) is 0 Å². The van der Waals surface area contributed by atoms with Gasteiger partial charge in [-0.15, -0.1) is 0 Å². The van der Waals surface area contributed by atoms with Crippen LogP contribution in [0.15, 0.2) is 0 Å². The van der Waals surface area contributed by atoms with Gasteiger partial charge >= 0.3 is 0 Å². The van der Waals surface area contributed by atoms with Gasteiger partial charge in [0.2, 0.25) is 0 Å². The van der Waals surface area contributed by atoms with Crippen molar-refractivity contribution in [2.75, 3.05) is 13.6 Å². The molecule has 0 aromatic rings. The van der Waals surface area contributed by atoms with Crippen molar-refractivity contribution in [3.63, 3.8) is 0 Å². The summed E-state index contributed by atoms with van der Waals surface area (Å²) in [6.07, 6.45) is 7.96. The Morgan fingerprint density at radius 3 is 2.69 bits per heavy atom. The van der Waals surface area contributed by atoms with Crippen LogP contribution in [0.1, 0.15) is 45.4 Å². The molecule has 78 valence electrons. The average Bonchev–Trinajstić information content (AvgIpc) is 2.40. The topological polar surface area (TPSA) is 38.0 Å². The summed E-state index contributed by atoms with van der Waals surface area (Å²) < 4.78 is 0. The zero-order valence-electron chi connectivity index (χ0n) is 9.10. The predicted octanol–water partition coefficient (Wildman–Crippen LogP) is 1.89. The first kappa shape index (κ1) is 11.0. The number of hydrogen-bond acceptors (Lipinski definition) is 2. The second-order valence-corrected chi connectivity index (χ2v) is 4.44. The Morgan fingerprint density at radius 2 is 2.15 bits per heavy atom. The molecule has 1 rings (SSSR count). The lowest BCUT2D eigenvalue weighted by Crippen LogP contribution is -2.48. The first-order valence-corrected chi connectivity index (χ1v) is 5.65. The zero-order chi connectivity index (χ0) is 9.73. The predicted molar refractivity (Wildman–Crippen MR) is 57.7 cm³/mol. The fourth-order valence-corrected chi connectivity index (χ4v) is 2.44. The van der Waals surface area contributed by atoms with Crippen molar-refractivity contribution in [3.05, 3.63) is 0 Å². The SMILES string of the molecule is CCC1CCCC(CN)(NC)CC1. The minimum Gasteiger partial charge on any atom is -0.329 e. The maximum absolute atomic E-state index is 5.84. The Balaban J connectivity index is 2.51. The molecule has 2 atom stereocenters. The van der Waals surface area contributed by atoms with Gasteiger partial charge < -0.3 is 11.1 Å². The average molecular weight is 184 g/mol. The summed E-state index contributed by atoms with van der Waals surface area (Å²) in [6, 6.07) is 0. The maximum Gasteiger partial charge on any atom is 0.0301 e. The Morgan fingerprint density at radius 1 is 1.38 bits per heavy atom. The molecule has 0 aromatic heterocycles. The third-order valence-electron chi connectivity index (χ3n) is 3.80. The quantitative estimate of drug-likeness (QED) is 0.657. The van der Waals surface area contributed by atoms with Crippen LogP contribution in [-0.4, -0.2) is 19.1 Å². The highest BCUT2D eigenvalue weighted by atomic mass is 15.0. The lowest BCUT2D eigenvalue weighted by Gasteiger charge is -2.31. The van der Waals surface area contributed by atoms with Crippen LogP contribution in [0.25, 0.3) is 0 Å². The van der Waals surface area contributed by atoms with Crippen LogP contribution < -0.4 is 11.1 Å². The number of hydrogen-bond donors (Lipinski definition) is 2. The van der Waals surface area contributed by atoms with E-state index in [1.165, 1.54) is 38.5 Å². The Bertz CT molecular complexity index is 141. The molecule has 2 heteroatoms. The van der Waals surface area contributed by atoms with Gasteiger partial charge in [-0.05, 0) is 32.2 Å². The van der Waals surface area contributed by atoms with Gasteiger partial charge in [-0.3, -0.25) is 0 Å². The summed E-state index contributed by atoms with van der Waals surface area (Å²) in [7, 11) is 2.05. The molecule has 0 amide bonds. The van der Waals surface area contributed by atoms with E-state index in [2.05, 4.69) is 19.3 Å². The van der Waals surface area contributed by atoms with Crippen LogP contribution in [0, 0.1) is 5.92 Å². The van der Waals surface area contributed by atoms with E-state index in [-0.39, 0.29) is 5.54 Å². The van der Waals surface area contributed by atoms with Crippen LogP contribution >= 0.6 is 0 Å². The molecule has 0 aliphatic heterocycles. The minimum absolute atomic E-state index is 0.254. The van der Waals surface area contributed by atoms with E-state index in [1.54, 1.807) is 0 Å². The Labute approximate surface area is 82.3 Å². The number of likely N-dealkylation sites (N-methyl/N-ethyl adjacent to an activating group) is 1. The molecule has 1 saturated carbocycles. The van der Waals surface area contributed by atoms with Crippen LogP contribution in [0.4, 0.5) is 0 Å². The molecular formula is C11H24N2. The smallest absolute Gasteiger partial charge is 0.0301 e. The van der Waals surface area contributed by atoms with E-state index in [0.717, 1.165) is 12.5 Å². The van der Waals surface area contributed by atoms with Crippen molar-refractivity contribution in [2.45, 2.75) is 51.0 Å². The normalized spacial score (nSPS) is 35.8. The summed E-state index contributed by atoms with van der Waals surface area (Å²) in [5.41, 5.74) is 6.10. The van der Waals surface area contributed by atoms with Gasteiger partial charge in [-0.2, -0.15) is 0 Å². The standard InChI is InChI=1S/C11H24N2/c1-3-10-5-4-7-11(9-12,13-2)8-6-10/h10,13H,3-9,12H2,1-2H3. The zero-order valence-corrected chi connectivity index (χ0v) is 9.10. The first-order valence-electron chi connectivity index (χ1n) is 5.65. The van der Waals surface area contributed by atoms with E-state index in [1.807, 2.05) is 0 Å². The van der Waals surface area contributed by atoms with Gasteiger partial charge in [0.15, 0.2) is 0 Å². The fourth-order valence-electron chi connectivity index (χ4n) is 2.44. The van der Waals surface area contributed by atoms with E-state index in [9.17, 15) is 0 Å². The van der Waals surface area contributed by atoms with Crippen molar-refractivity contribution in [3.8, 4) is 0 Å². The third kappa shape index (κ3) is 2.68. The number of nitrogens with two attached hydrogens (primary N) is 1. The van der Waals surface area contributed by atoms with Gasteiger partial charge in [0, 0.05) is 12.1 Å². The molecule has 1 fully saturated rings. The molecule has 13 heavy (non-hydrogen) atoms. The second kappa shape index (κ2) is 4.97. The fraction of sp³-hybridized carbons (Fsp3) is 1.00. The summed E-state index contributed by atoms with van der Waals surface area (Å²) in [6.45, 7) is 3.10. The van der Waals surface area contributed by atoms with Crippen molar-refractivity contribution in [1.82, 2.24) is 5.32 Å². The molecule has 0 radical (unpaired) electrons. The summed E-state index contributed by atoms with van der Waals surface area (Å²) in [5.74, 6) is 0.946. The summed E-state index contributed by atoms with van der Waals surface area (Å²) in [4.78, 5) is 0. The van der Waals surface area contributed by atoms with Crippen molar-refractivity contribution in [1.29, 1.82) is 0 Å². The summed E-state index contributed by atoms with van der Waals surface area (Å²) in [5, 5.41) is 3.43. The monoisotopic (exact) mass is 184 g/mol. The van der Waals surface area contributed by atoms with Crippen LogP contribution in [0.3, 0.4) is 0 Å². The molecule has 0 bridgehead atoms. The van der Waals surface area contributed by atoms with E-state index in [0.29, 0.717) is 0 Å². The molecule has 0 spiro atoms. The number of rotatable bonds is 3. The lowest BCUT2D eigenvalue weighted by molar-refractivity contribution is 0.309. The lowest BCUT2D eigenvalue weighted by atomic mass is 9.89. The van der Waals surface area contributed by atoms with Crippen LogP contribution in [0.5, 0.6) is 0 Å². The highest BCUT2D eigenvalue weighted by Crippen LogP contribution is 2.30. The van der Waals surface area contributed by atoms with Crippen molar-refractivity contribution in [2.24, 2.45) is 11.7 Å². The minimum atomic E-state index is 0.254. The molecule has 3 N–H and O–H groups in total. The van der Waals surface area contributed by atoms with Gasteiger partial charge in [0.25, 0.3) is 0 Å². The number of nitrogens with one attached hydrogen (secondary N) is 1. The Kier molecular flexibility index (Phi) is 4.20. The molecule has 1 aliphatic carbocycles. The second-order valence-electron chi connectivity index (χ2n) is 4.44. The molecular weight excluding hydrogens is 160 g/mol. The van der Waals surface area contributed by atoms with Crippen LogP contribution in [0.2, 0.25) is 0 Å². The summed E-state index contributed by atoms with van der Waals surface area (Å²) >= 11 is 0. The largest absolute Gasteiger partial charge is 0.329 e. The molecule has 0 aromatic carbocycles. The molecule has 1 aliphatic rings. The molecule has 2 nitrogen and oxygen atoms in total. The van der Waals surface area contributed by atoms with E-state index in [4.69, 9.17) is 5.73 Å². The first-order chi connectivity index (χ1) is 6.26. The molecule has 0 saturated heterocycles.